The zero-order valence-corrected chi connectivity index (χ0v) is 11.8. The fourth-order valence-corrected chi connectivity index (χ4v) is 2.31. The average molecular weight is 276 g/mol. The molecule has 3 nitrogen and oxygen atoms in total. The van der Waals surface area contributed by atoms with Crippen LogP contribution < -0.4 is 5.32 Å². The third-order valence-electron chi connectivity index (χ3n) is 3.00. The molecule has 1 atom stereocenters. The van der Waals surface area contributed by atoms with Gasteiger partial charge in [0.2, 0.25) is 0 Å². The van der Waals surface area contributed by atoms with Gasteiger partial charge in [-0.2, -0.15) is 0 Å². The van der Waals surface area contributed by atoms with E-state index in [2.05, 4.69) is 28.3 Å². The molecule has 19 heavy (non-hydrogen) atoms. The van der Waals surface area contributed by atoms with Gasteiger partial charge in [-0.1, -0.05) is 24.6 Å². The lowest BCUT2D eigenvalue weighted by Crippen LogP contribution is -2.33. The molecular weight excluding hydrogens is 258 g/mol. The topological polar surface area (TPSA) is 37.8 Å². The fraction of sp³-hybridized carbons (Fsp3) is 0.333. The van der Waals surface area contributed by atoms with Crippen LogP contribution in [0, 0.1) is 0 Å². The molecule has 0 bridgehead atoms. The number of hydrogen-bond acceptors (Lipinski definition) is 3. The molecule has 0 spiro atoms. The Balaban J connectivity index is 2.06. The van der Waals surface area contributed by atoms with Gasteiger partial charge in [0.05, 0.1) is 5.02 Å². The number of nitrogens with one attached hydrogen (secondary N) is 1. The highest BCUT2D eigenvalue weighted by Gasteiger charge is 2.12. The summed E-state index contributed by atoms with van der Waals surface area (Å²) in [6.45, 7) is 3.04. The monoisotopic (exact) mass is 275 g/mol. The second-order valence-electron chi connectivity index (χ2n) is 4.45. The molecule has 0 aliphatic rings. The number of rotatable bonds is 6. The molecule has 0 saturated carbocycles. The molecule has 1 N–H and O–H groups in total. The minimum absolute atomic E-state index is 0.333. The first-order chi connectivity index (χ1) is 9.29. The second-order valence-corrected chi connectivity index (χ2v) is 4.86. The predicted octanol–water partition coefficient (Wildman–Crippen LogP) is 2.89. The summed E-state index contributed by atoms with van der Waals surface area (Å²) in [6, 6.07) is 8.32. The van der Waals surface area contributed by atoms with Crippen molar-refractivity contribution in [2.45, 2.75) is 25.8 Å². The third-order valence-corrected chi connectivity index (χ3v) is 3.34. The average Bonchev–Trinajstić information content (AvgIpc) is 2.43. The first-order valence-corrected chi connectivity index (χ1v) is 6.89. The van der Waals surface area contributed by atoms with Gasteiger partial charge in [0.25, 0.3) is 0 Å². The zero-order chi connectivity index (χ0) is 13.5. The van der Waals surface area contributed by atoms with Gasteiger partial charge in [-0.25, -0.2) is 0 Å². The first-order valence-electron chi connectivity index (χ1n) is 6.51. The summed E-state index contributed by atoms with van der Waals surface area (Å²) in [5.41, 5.74) is 2.22. The molecule has 4 heteroatoms. The van der Waals surface area contributed by atoms with Gasteiger partial charge < -0.3 is 5.32 Å². The van der Waals surface area contributed by atoms with E-state index in [9.17, 15) is 0 Å². The Labute approximate surface area is 119 Å². The Kier molecular flexibility index (Phi) is 5.31. The maximum absolute atomic E-state index is 6.17. The first kappa shape index (κ1) is 14.0. The van der Waals surface area contributed by atoms with E-state index in [1.807, 2.05) is 24.4 Å². The standard InChI is InChI=1S/C15H18ClN3/c1-2-18-14(10-13-5-3-4-7-19-13)9-12-6-8-17-11-15(12)16/h3-8,11,14,18H,2,9-10H2,1H3. The lowest BCUT2D eigenvalue weighted by Gasteiger charge is -2.18. The molecule has 0 radical (unpaired) electrons. The van der Waals surface area contributed by atoms with Gasteiger partial charge in [-0.3, -0.25) is 9.97 Å². The van der Waals surface area contributed by atoms with Crippen LogP contribution >= 0.6 is 11.6 Å². The van der Waals surface area contributed by atoms with Gasteiger partial charge >= 0.3 is 0 Å². The minimum Gasteiger partial charge on any atom is -0.314 e. The number of pyridine rings is 2. The molecular formula is C15H18ClN3. The van der Waals surface area contributed by atoms with Crippen molar-refractivity contribution in [2.24, 2.45) is 0 Å². The van der Waals surface area contributed by atoms with Crippen LogP contribution in [0.15, 0.2) is 42.9 Å². The van der Waals surface area contributed by atoms with E-state index in [1.54, 1.807) is 12.4 Å². The van der Waals surface area contributed by atoms with Crippen LogP contribution in [0.5, 0.6) is 0 Å². The van der Waals surface area contributed by atoms with Gasteiger partial charge in [0.1, 0.15) is 0 Å². The summed E-state index contributed by atoms with van der Waals surface area (Å²) in [4.78, 5) is 8.40. The van der Waals surface area contributed by atoms with E-state index in [1.165, 1.54) is 0 Å². The van der Waals surface area contributed by atoms with Crippen molar-refractivity contribution >= 4 is 11.6 Å². The van der Waals surface area contributed by atoms with Crippen molar-refractivity contribution in [1.29, 1.82) is 0 Å². The summed E-state index contributed by atoms with van der Waals surface area (Å²) < 4.78 is 0. The molecule has 0 amide bonds. The molecule has 0 aliphatic heterocycles. The largest absolute Gasteiger partial charge is 0.314 e. The third kappa shape index (κ3) is 4.30. The Morgan fingerprint density at radius 1 is 1.21 bits per heavy atom. The summed E-state index contributed by atoms with van der Waals surface area (Å²) in [6.07, 6.45) is 7.09. The molecule has 2 heterocycles. The summed E-state index contributed by atoms with van der Waals surface area (Å²) in [5.74, 6) is 0. The Morgan fingerprint density at radius 2 is 2.11 bits per heavy atom. The van der Waals surface area contributed by atoms with Crippen molar-refractivity contribution in [3.05, 3.63) is 59.1 Å². The van der Waals surface area contributed by atoms with Gasteiger partial charge in [-0.05, 0) is 36.7 Å². The minimum atomic E-state index is 0.333. The molecule has 2 aromatic rings. The highest BCUT2D eigenvalue weighted by Crippen LogP contribution is 2.16. The van der Waals surface area contributed by atoms with E-state index in [4.69, 9.17) is 11.6 Å². The van der Waals surface area contributed by atoms with Crippen LogP contribution in [0.25, 0.3) is 0 Å². The van der Waals surface area contributed by atoms with Gasteiger partial charge in [0, 0.05) is 36.7 Å². The van der Waals surface area contributed by atoms with E-state index in [-0.39, 0.29) is 0 Å². The van der Waals surface area contributed by atoms with Crippen LogP contribution in [0.3, 0.4) is 0 Å². The summed E-state index contributed by atoms with van der Waals surface area (Å²) in [7, 11) is 0. The van der Waals surface area contributed by atoms with Crippen LogP contribution in [0.4, 0.5) is 0 Å². The van der Waals surface area contributed by atoms with Crippen LogP contribution in [-0.2, 0) is 12.8 Å². The Hall–Kier alpha value is -1.45. The van der Waals surface area contributed by atoms with E-state index in [0.29, 0.717) is 6.04 Å². The van der Waals surface area contributed by atoms with E-state index < -0.39 is 0 Å². The van der Waals surface area contributed by atoms with Crippen molar-refractivity contribution < 1.29 is 0 Å². The molecule has 0 fully saturated rings. The van der Waals surface area contributed by atoms with Crippen LogP contribution in [0.2, 0.25) is 5.02 Å². The SMILES string of the molecule is CCNC(Cc1ccccn1)Cc1ccncc1Cl. The van der Waals surface area contributed by atoms with E-state index in [0.717, 1.165) is 35.7 Å². The van der Waals surface area contributed by atoms with Crippen LogP contribution in [0.1, 0.15) is 18.2 Å². The van der Waals surface area contributed by atoms with Crippen molar-refractivity contribution in [3.8, 4) is 0 Å². The van der Waals surface area contributed by atoms with Crippen LogP contribution in [-0.4, -0.2) is 22.6 Å². The summed E-state index contributed by atoms with van der Waals surface area (Å²) >= 11 is 6.17. The maximum atomic E-state index is 6.17. The molecule has 2 aromatic heterocycles. The predicted molar refractivity (Wildman–Crippen MR) is 78.4 cm³/mol. The quantitative estimate of drug-likeness (QED) is 0.881. The highest BCUT2D eigenvalue weighted by atomic mass is 35.5. The number of aromatic nitrogens is 2. The highest BCUT2D eigenvalue weighted by molar-refractivity contribution is 6.31. The zero-order valence-electron chi connectivity index (χ0n) is 11.0. The second kappa shape index (κ2) is 7.22. The number of hydrogen-bond donors (Lipinski definition) is 1. The molecule has 0 aliphatic carbocycles. The maximum Gasteiger partial charge on any atom is 0.0621 e. The van der Waals surface area contributed by atoms with E-state index >= 15 is 0 Å². The lowest BCUT2D eigenvalue weighted by molar-refractivity contribution is 0.516. The molecule has 0 aromatic carbocycles. The molecule has 2 rings (SSSR count). The molecule has 1 unspecified atom stereocenters. The van der Waals surface area contributed by atoms with Gasteiger partial charge in [-0.15, -0.1) is 0 Å². The smallest absolute Gasteiger partial charge is 0.0621 e. The van der Waals surface area contributed by atoms with Crippen molar-refractivity contribution in [2.75, 3.05) is 6.54 Å². The molecule has 100 valence electrons. The van der Waals surface area contributed by atoms with Crippen molar-refractivity contribution in [1.82, 2.24) is 15.3 Å². The Morgan fingerprint density at radius 3 is 2.79 bits per heavy atom. The number of nitrogens with zero attached hydrogens (tertiary/aromatic N) is 2. The Bertz CT molecular complexity index is 502. The van der Waals surface area contributed by atoms with Gasteiger partial charge in [0.15, 0.2) is 0 Å². The number of halogens is 1. The summed E-state index contributed by atoms with van der Waals surface area (Å²) in [5, 5.41) is 4.22. The normalized spacial score (nSPS) is 12.3. The number of likely N-dealkylation sites (N-methyl/N-ethyl adjacent to an activating group) is 1. The lowest BCUT2D eigenvalue weighted by atomic mass is 10.0. The molecule has 0 saturated heterocycles. The van der Waals surface area contributed by atoms with Crippen molar-refractivity contribution in [3.63, 3.8) is 0 Å². The fourth-order valence-electron chi connectivity index (χ4n) is 2.11.